The van der Waals surface area contributed by atoms with Gasteiger partial charge in [0.1, 0.15) is 0 Å². The van der Waals surface area contributed by atoms with E-state index in [0.717, 1.165) is 37.1 Å². The van der Waals surface area contributed by atoms with Crippen molar-refractivity contribution in [3.8, 4) is 0 Å². The fraction of sp³-hybridized carbons (Fsp3) is 0.391. The first-order valence-electron chi connectivity index (χ1n) is 9.83. The van der Waals surface area contributed by atoms with Gasteiger partial charge in [-0.2, -0.15) is 0 Å². The monoisotopic (exact) mass is 362 g/mol. The Morgan fingerprint density at radius 1 is 0.852 bits per heavy atom. The van der Waals surface area contributed by atoms with Crippen LogP contribution in [0.1, 0.15) is 40.2 Å². The first kappa shape index (κ1) is 17.8. The van der Waals surface area contributed by atoms with E-state index in [4.69, 9.17) is 0 Å². The van der Waals surface area contributed by atoms with Crippen LogP contribution in [0.4, 0.5) is 0 Å². The number of nitrogens with zero attached hydrogens (tertiary/aromatic N) is 2. The Balaban J connectivity index is 1.59. The van der Waals surface area contributed by atoms with Crippen LogP contribution in [0, 0.1) is 12.8 Å². The maximum absolute atomic E-state index is 13.2. The van der Waals surface area contributed by atoms with Crippen LogP contribution in [0.15, 0.2) is 54.6 Å². The van der Waals surface area contributed by atoms with E-state index < -0.39 is 0 Å². The van der Waals surface area contributed by atoms with Crippen molar-refractivity contribution < 1.29 is 9.59 Å². The minimum atomic E-state index is -0.153. The van der Waals surface area contributed by atoms with E-state index >= 15 is 0 Å². The average molecular weight is 362 g/mol. The summed E-state index contributed by atoms with van der Waals surface area (Å²) in [6.07, 6.45) is 2.17. The lowest BCUT2D eigenvalue weighted by molar-refractivity contribution is -0.134. The van der Waals surface area contributed by atoms with Crippen molar-refractivity contribution in [3.63, 3.8) is 0 Å². The number of carbonyl (C=O) groups is 2. The van der Waals surface area contributed by atoms with Gasteiger partial charge in [-0.25, -0.2) is 0 Å². The molecule has 0 unspecified atom stereocenters. The second-order valence-corrected chi connectivity index (χ2v) is 7.73. The summed E-state index contributed by atoms with van der Waals surface area (Å²) < 4.78 is 0. The van der Waals surface area contributed by atoms with Gasteiger partial charge in [0.2, 0.25) is 5.91 Å². The van der Waals surface area contributed by atoms with Crippen molar-refractivity contribution in [2.24, 2.45) is 5.92 Å². The molecular weight excluding hydrogens is 336 g/mol. The first-order valence-corrected chi connectivity index (χ1v) is 9.83. The third kappa shape index (κ3) is 3.61. The normalized spacial score (nSPS) is 22.3. The first-order chi connectivity index (χ1) is 13.1. The van der Waals surface area contributed by atoms with Gasteiger partial charge in [0, 0.05) is 37.7 Å². The maximum Gasteiger partial charge on any atom is 0.253 e. The number of benzene rings is 2. The number of amides is 2. The van der Waals surface area contributed by atoms with Crippen molar-refractivity contribution in [2.45, 2.75) is 25.7 Å². The van der Waals surface area contributed by atoms with Gasteiger partial charge in [0.05, 0.1) is 5.92 Å². The molecule has 2 aromatic carbocycles. The van der Waals surface area contributed by atoms with Crippen LogP contribution in [0.5, 0.6) is 0 Å². The number of aryl methyl sites for hydroxylation is 1. The molecule has 0 N–H and O–H groups in total. The van der Waals surface area contributed by atoms with Crippen molar-refractivity contribution >= 4 is 11.8 Å². The molecule has 0 bridgehead atoms. The Morgan fingerprint density at radius 2 is 1.52 bits per heavy atom. The summed E-state index contributed by atoms with van der Waals surface area (Å²) in [6.45, 7) is 4.81. The van der Waals surface area contributed by atoms with Crippen LogP contribution < -0.4 is 0 Å². The number of carbonyl (C=O) groups excluding carboxylic acids is 2. The zero-order chi connectivity index (χ0) is 18.8. The summed E-state index contributed by atoms with van der Waals surface area (Å²) >= 11 is 0. The lowest BCUT2D eigenvalue weighted by Crippen LogP contribution is -2.37. The van der Waals surface area contributed by atoms with E-state index in [1.807, 2.05) is 59.2 Å². The van der Waals surface area contributed by atoms with Gasteiger partial charge in [-0.05, 0) is 37.5 Å². The van der Waals surface area contributed by atoms with Gasteiger partial charge < -0.3 is 9.80 Å². The number of likely N-dealkylation sites (tertiary alicyclic amines) is 2. The zero-order valence-corrected chi connectivity index (χ0v) is 15.8. The Hall–Kier alpha value is -2.62. The third-order valence-electron chi connectivity index (χ3n) is 5.87. The van der Waals surface area contributed by atoms with Crippen LogP contribution in [0.2, 0.25) is 0 Å². The second kappa shape index (κ2) is 7.55. The van der Waals surface area contributed by atoms with Gasteiger partial charge in [0.25, 0.3) is 5.91 Å². The molecule has 4 nitrogen and oxygen atoms in total. The SMILES string of the molecule is Cc1ccc(C(=O)N2C[C@@H](C(=O)N3CCCC3)[C@H](c3ccccc3)C2)cc1. The lowest BCUT2D eigenvalue weighted by Gasteiger charge is -2.23. The molecule has 2 fully saturated rings. The van der Waals surface area contributed by atoms with E-state index in [1.165, 1.54) is 0 Å². The molecule has 2 aliphatic heterocycles. The highest BCUT2D eigenvalue weighted by atomic mass is 16.2. The largest absolute Gasteiger partial charge is 0.342 e. The van der Waals surface area contributed by atoms with Gasteiger partial charge in [-0.15, -0.1) is 0 Å². The average Bonchev–Trinajstić information content (AvgIpc) is 3.38. The third-order valence-corrected chi connectivity index (χ3v) is 5.87. The highest BCUT2D eigenvalue weighted by Crippen LogP contribution is 2.35. The van der Waals surface area contributed by atoms with Crippen molar-refractivity contribution in [3.05, 3.63) is 71.3 Å². The van der Waals surface area contributed by atoms with Crippen molar-refractivity contribution in [2.75, 3.05) is 26.2 Å². The van der Waals surface area contributed by atoms with Crippen LogP contribution >= 0.6 is 0 Å². The molecule has 0 aromatic heterocycles. The molecule has 4 rings (SSSR count). The van der Waals surface area contributed by atoms with Crippen LogP contribution in [0.3, 0.4) is 0 Å². The second-order valence-electron chi connectivity index (χ2n) is 7.73. The molecule has 0 spiro atoms. The molecule has 0 radical (unpaired) electrons. The maximum atomic E-state index is 13.2. The number of rotatable bonds is 3. The van der Waals surface area contributed by atoms with Crippen LogP contribution in [-0.4, -0.2) is 47.8 Å². The standard InChI is InChI=1S/C23H26N2O2/c1-17-9-11-19(12-10-17)22(26)25-15-20(18-7-3-2-4-8-18)21(16-25)23(27)24-13-5-6-14-24/h2-4,7-12,20-21H,5-6,13-16H2,1H3/t20-,21+/m0/s1. The smallest absolute Gasteiger partial charge is 0.253 e. The van der Waals surface area contributed by atoms with Crippen molar-refractivity contribution in [1.29, 1.82) is 0 Å². The lowest BCUT2D eigenvalue weighted by atomic mass is 9.88. The van der Waals surface area contributed by atoms with Crippen LogP contribution in [-0.2, 0) is 4.79 Å². The molecular formula is C23H26N2O2. The highest BCUT2D eigenvalue weighted by molar-refractivity contribution is 5.95. The summed E-state index contributed by atoms with van der Waals surface area (Å²) in [7, 11) is 0. The fourth-order valence-corrected chi connectivity index (χ4v) is 4.31. The van der Waals surface area contributed by atoms with E-state index in [0.29, 0.717) is 18.7 Å². The molecule has 27 heavy (non-hydrogen) atoms. The van der Waals surface area contributed by atoms with E-state index in [9.17, 15) is 9.59 Å². The minimum absolute atomic E-state index is 0.0210. The Kier molecular flexibility index (Phi) is 4.97. The molecule has 0 aliphatic carbocycles. The molecule has 4 heteroatoms. The topological polar surface area (TPSA) is 40.6 Å². The van der Waals surface area contributed by atoms with Gasteiger partial charge in [-0.3, -0.25) is 9.59 Å². The summed E-state index contributed by atoms with van der Waals surface area (Å²) in [4.78, 5) is 30.0. The summed E-state index contributed by atoms with van der Waals surface area (Å²) in [6, 6.07) is 17.9. The highest BCUT2D eigenvalue weighted by Gasteiger charge is 2.42. The molecule has 2 aromatic rings. The Bertz CT molecular complexity index is 810. The van der Waals surface area contributed by atoms with E-state index in [-0.39, 0.29) is 23.7 Å². The summed E-state index contributed by atoms with van der Waals surface area (Å²) in [5.74, 6) is 0.141. The molecule has 140 valence electrons. The molecule has 2 heterocycles. The molecule has 2 saturated heterocycles. The predicted octanol–water partition coefficient (Wildman–Crippen LogP) is 3.47. The number of hydrogen-bond acceptors (Lipinski definition) is 2. The predicted molar refractivity (Wildman–Crippen MR) is 106 cm³/mol. The van der Waals surface area contributed by atoms with Gasteiger partial charge >= 0.3 is 0 Å². The Labute approximate surface area is 160 Å². The quantitative estimate of drug-likeness (QED) is 0.839. The minimum Gasteiger partial charge on any atom is -0.342 e. The fourth-order valence-electron chi connectivity index (χ4n) is 4.31. The molecule has 2 aliphatic rings. The van der Waals surface area contributed by atoms with Crippen molar-refractivity contribution in [1.82, 2.24) is 9.80 Å². The molecule has 0 saturated carbocycles. The Morgan fingerprint density at radius 3 is 2.19 bits per heavy atom. The zero-order valence-electron chi connectivity index (χ0n) is 15.8. The number of hydrogen-bond donors (Lipinski definition) is 0. The van der Waals surface area contributed by atoms with Gasteiger partial charge in [0.15, 0.2) is 0 Å². The summed E-state index contributed by atoms with van der Waals surface area (Å²) in [5, 5.41) is 0. The van der Waals surface area contributed by atoms with Crippen LogP contribution in [0.25, 0.3) is 0 Å². The summed E-state index contributed by atoms with van der Waals surface area (Å²) in [5.41, 5.74) is 2.98. The van der Waals surface area contributed by atoms with E-state index in [2.05, 4.69) is 12.1 Å². The van der Waals surface area contributed by atoms with Gasteiger partial charge in [-0.1, -0.05) is 48.0 Å². The van der Waals surface area contributed by atoms with E-state index in [1.54, 1.807) is 0 Å². The molecule has 2 amide bonds. The molecule has 2 atom stereocenters.